The molecule has 1 unspecified atom stereocenters. The third-order valence-corrected chi connectivity index (χ3v) is 4.03. The van der Waals surface area contributed by atoms with Crippen LogP contribution < -0.4 is 10.6 Å². The minimum absolute atomic E-state index is 0.173. The van der Waals surface area contributed by atoms with Crippen LogP contribution in [0.3, 0.4) is 0 Å². The van der Waals surface area contributed by atoms with Crippen LogP contribution in [-0.4, -0.2) is 13.1 Å². The molecule has 0 aliphatic carbocycles. The van der Waals surface area contributed by atoms with Gasteiger partial charge < -0.3 is 10.6 Å². The van der Waals surface area contributed by atoms with Gasteiger partial charge in [0.05, 0.1) is 10.7 Å². The lowest BCUT2D eigenvalue weighted by Crippen LogP contribution is -2.24. The summed E-state index contributed by atoms with van der Waals surface area (Å²) in [5.74, 6) is 0. The van der Waals surface area contributed by atoms with Crippen molar-refractivity contribution in [3.05, 3.63) is 64.7 Å². The first kappa shape index (κ1) is 15.9. The van der Waals surface area contributed by atoms with Gasteiger partial charge in [0.15, 0.2) is 0 Å². The highest BCUT2D eigenvalue weighted by molar-refractivity contribution is 6.33. The van der Waals surface area contributed by atoms with E-state index in [0.29, 0.717) is 0 Å². The lowest BCUT2D eigenvalue weighted by Gasteiger charge is -2.25. The maximum Gasteiger partial charge on any atom is 0.0642 e. The Labute approximate surface area is 132 Å². The first-order chi connectivity index (χ1) is 10.1. The Bertz CT molecular complexity index is 569. The number of nitrogens with zero attached hydrogens (tertiary/aromatic N) is 1. The van der Waals surface area contributed by atoms with E-state index in [-0.39, 0.29) is 6.04 Å². The number of halogens is 1. The van der Waals surface area contributed by atoms with Gasteiger partial charge in [0.25, 0.3) is 0 Å². The number of nitrogens with two attached hydrogens (primary N) is 1. The van der Waals surface area contributed by atoms with Crippen molar-refractivity contribution >= 4 is 17.3 Å². The van der Waals surface area contributed by atoms with Crippen molar-refractivity contribution in [2.75, 3.05) is 11.9 Å². The molecule has 0 aromatic heterocycles. The summed E-state index contributed by atoms with van der Waals surface area (Å²) >= 11 is 6.43. The summed E-state index contributed by atoms with van der Waals surface area (Å²) in [5, 5.41) is 0.786. The van der Waals surface area contributed by atoms with Gasteiger partial charge in [0, 0.05) is 19.6 Å². The number of benzene rings is 2. The SMILES string of the molecule is CCC(N)Cc1cccc(Cl)c1N(C)Cc1ccccc1. The zero-order chi connectivity index (χ0) is 15.2. The van der Waals surface area contributed by atoms with Crippen LogP contribution in [0.1, 0.15) is 24.5 Å². The van der Waals surface area contributed by atoms with Gasteiger partial charge in [0.2, 0.25) is 0 Å². The fourth-order valence-corrected chi connectivity index (χ4v) is 2.85. The summed E-state index contributed by atoms with van der Waals surface area (Å²) in [6.45, 7) is 2.95. The Morgan fingerprint density at radius 2 is 1.81 bits per heavy atom. The smallest absolute Gasteiger partial charge is 0.0642 e. The summed E-state index contributed by atoms with van der Waals surface area (Å²) in [6.07, 6.45) is 1.82. The van der Waals surface area contributed by atoms with Crippen LogP contribution in [0.4, 0.5) is 5.69 Å². The summed E-state index contributed by atoms with van der Waals surface area (Å²) in [6, 6.07) is 16.7. The van der Waals surface area contributed by atoms with Crippen LogP contribution in [0.5, 0.6) is 0 Å². The standard InChI is InChI=1S/C18H23ClN2/c1-3-16(20)12-15-10-7-11-17(19)18(15)21(2)13-14-8-5-4-6-9-14/h4-11,16H,3,12-13,20H2,1-2H3. The third kappa shape index (κ3) is 4.23. The third-order valence-electron chi connectivity index (χ3n) is 3.72. The highest BCUT2D eigenvalue weighted by Gasteiger charge is 2.14. The van der Waals surface area contributed by atoms with Gasteiger partial charge in [-0.2, -0.15) is 0 Å². The van der Waals surface area contributed by atoms with Crippen LogP contribution in [0.25, 0.3) is 0 Å². The number of hydrogen-bond acceptors (Lipinski definition) is 2. The Hall–Kier alpha value is -1.51. The minimum Gasteiger partial charge on any atom is -0.369 e. The van der Waals surface area contributed by atoms with Crippen molar-refractivity contribution in [3.63, 3.8) is 0 Å². The van der Waals surface area contributed by atoms with Crippen molar-refractivity contribution in [2.45, 2.75) is 32.4 Å². The molecule has 0 saturated carbocycles. The molecule has 0 amide bonds. The zero-order valence-corrected chi connectivity index (χ0v) is 13.5. The fraction of sp³-hybridized carbons (Fsp3) is 0.333. The van der Waals surface area contributed by atoms with Crippen LogP contribution in [0.15, 0.2) is 48.5 Å². The number of anilines is 1. The lowest BCUT2D eigenvalue weighted by atomic mass is 10.0. The van der Waals surface area contributed by atoms with E-state index in [0.717, 1.165) is 30.1 Å². The molecule has 2 aromatic carbocycles. The van der Waals surface area contributed by atoms with E-state index >= 15 is 0 Å². The molecule has 3 heteroatoms. The molecule has 21 heavy (non-hydrogen) atoms. The largest absolute Gasteiger partial charge is 0.369 e. The van der Waals surface area contributed by atoms with E-state index in [9.17, 15) is 0 Å². The zero-order valence-electron chi connectivity index (χ0n) is 12.7. The van der Waals surface area contributed by atoms with E-state index in [1.54, 1.807) is 0 Å². The molecule has 112 valence electrons. The second-order valence-corrected chi connectivity index (χ2v) is 5.87. The Balaban J connectivity index is 2.24. The second-order valence-electron chi connectivity index (χ2n) is 5.46. The topological polar surface area (TPSA) is 29.3 Å². The molecule has 2 rings (SSSR count). The summed E-state index contributed by atoms with van der Waals surface area (Å²) in [4.78, 5) is 2.20. The monoisotopic (exact) mass is 302 g/mol. The molecule has 0 saturated heterocycles. The van der Waals surface area contributed by atoms with Gasteiger partial charge in [-0.25, -0.2) is 0 Å². The van der Waals surface area contributed by atoms with Gasteiger partial charge in [-0.05, 0) is 30.0 Å². The lowest BCUT2D eigenvalue weighted by molar-refractivity contribution is 0.645. The predicted molar refractivity (Wildman–Crippen MR) is 92.0 cm³/mol. The van der Waals surface area contributed by atoms with Crippen LogP contribution >= 0.6 is 11.6 Å². The van der Waals surface area contributed by atoms with Gasteiger partial charge in [-0.1, -0.05) is 61.0 Å². The van der Waals surface area contributed by atoms with E-state index in [4.69, 9.17) is 17.3 Å². The molecule has 0 heterocycles. The van der Waals surface area contributed by atoms with Crippen molar-refractivity contribution in [1.29, 1.82) is 0 Å². The van der Waals surface area contributed by atoms with E-state index in [1.807, 2.05) is 18.2 Å². The molecule has 2 N–H and O–H groups in total. The Kier molecular flexibility index (Phi) is 5.66. The quantitative estimate of drug-likeness (QED) is 0.864. The normalized spacial score (nSPS) is 12.2. The maximum atomic E-state index is 6.43. The molecular weight excluding hydrogens is 280 g/mol. The number of rotatable bonds is 6. The average Bonchev–Trinajstić information content (AvgIpc) is 2.48. The highest BCUT2D eigenvalue weighted by atomic mass is 35.5. The number of para-hydroxylation sites is 1. The molecular formula is C18H23ClN2. The molecule has 0 fully saturated rings. The van der Waals surface area contributed by atoms with Crippen LogP contribution in [0.2, 0.25) is 5.02 Å². The summed E-state index contributed by atoms with van der Waals surface area (Å²) in [5.41, 5.74) is 9.69. The van der Waals surface area contributed by atoms with Crippen LogP contribution in [-0.2, 0) is 13.0 Å². The van der Waals surface area contributed by atoms with Crippen molar-refractivity contribution in [2.24, 2.45) is 5.73 Å². The van der Waals surface area contributed by atoms with E-state index in [1.165, 1.54) is 11.1 Å². The molecule has 1 atom stereocenters. The molecule has 0 radical (unpaired) electrons. The Morgan fingerprint density at radius 1 is 1.10 bits per heavy atom. The van der Waals surface area contributed by atoms with Gasteiger partial charge in [0.1, 0.15) is 0 Å². The first-order valence-corrected chi connectivity index (χ1v) is 7.77. The molecule has 0 bridgehead atoms. The fourth-order valence-electron chi connectivity index (χ4n) is 2.52. The summed E-state index contributed by atoms with van der Waals surface area (Å²) in [7, 11) is 2.08. The Morgan fingerprint density at radius 3 is 2.48 bits per heavy atom. The molecule has 0 aliphatic rings. The second kappa shape index (κ2) is 7.48. The summed E-state index contributed by atoms with van der Waals surface area (Å²) < 4.78 is 0. The van der Waals surface area contributed by atoms with Crippen molar-refractivity contribution in [1.82, 2.24) is 0 Å². The number of hydrogen-bond donors (Lipinski definition) is 1. The van der Waals surface area contributed by atoms with E-state index < -0.39 is 0 Å². The van der Waals surface area contributed by atoms with E-state index in [2.05, 4.69) is 49.2 Å². The molecule has 0 spiro atoms. The highest BCUT2D eigenvalue weighted by Crippen LogP contribution is 2.31. The van der Waals surface area contributed by atoms with Crippen molar-refractivity contribution in [3.8, 4) is 0 Å². The van der Waals surface area contributed by atoms with Gasteiger partial charge in [-0.3, -0.25) is 0 Å². The molecule has 2 aromatic rings. The van der Waals surface area contributed by atoms with Gasteiger partial charge >= 0.3 is 0 Å². The molecule has 2 nitrogen and oxygen atoms in total. The molecule has 0 aliphatic heterocycles. The maximum absolute atomic E-state index is 6.43. The van der Waals surface area contributed by atoms with Crippen molar-refractivity contribution < 1.29 is 0 Å². The first-order valence-electron chi connectivity index (χ1n) is 7.39. The van der Waals surface area contributed by atoms with Crippen LogP contribution in [0, 0.1) is 0 Å². The predicted octanol–water partition coefficient (Wildman–Crippen LogP) is 4.26. The minimum atomic E-state index is 0.173. The average molecular weight is 303 g/mol. The van der Waals surface area contributed by atoms with Gasteiger partial charge in [-0.15, -0.1) is 0 Å².